The summed E-state index contributed by atoms with van der Waals surface area (Å²) < 4.78 is 28.2. The van der Waals surface area contributed by atoms with Crippen LogP contribution in [0.15, 0.2) is 17.0 Å². The number of hydrogen-bond donors (Lipinski definition) is 1. The summed E-state index contributed by atoms with van der Waals surface area (Å²) >= 11 is 0. The maximum Gasteiger partial charge on any atom is 0.261 e. The molecule has 0 aromatic heterocycles. The minimum absolute atomic E-state index is 0.0401. The zero-order valence-electron chi connectivity index (χ0n) is 11.9. The Labute approximate surface area is 123 Å². The van der Waals surface area contributed by atoms with Crippen LogP contribution >= 0.6 is 10.7 Å². The summed E-state index contributed by atoms with van der Waals surface area (Å²) in [6.07, 6.45) is 0. The summed E-state index contributed by atoms with van der Waals surface area (Å²) in [6.45, 7) is 6.84. The molecule has 5 nitrogen and oxygen atoms in total. The van der Waals surface area contributed by atoms with Crippen LogP contribution in [0.5, 0.6) is 5.75 Å². The predicted molar refractivity (Wildman–Crippen MR) is 77.7 cm³/mol. The van der Waals surface area contributed by atoms with Crippen LogP contribution in [0.3, 0.4) is 0 Å². The van der Waals surface area contributed by atoms with E-state index in [2.05, 4.69) is 5.32 Å². The molecule has 0 atom stereocenters. The predicted octanol–water partition coefficient (Wildman–Crippen LogP) is 2.13. The molecule has 0 aliphatic carbocycles. The molecule has 1 aromatic carbocycles. The number of amides is 1. The van der Waals surface area contributed by atoms with Crippen LogP contribution in [0.1, 0.15) is 25.0 Å². The molecule has 0 saturated heterocycles. The largest absolute Gasteiger partial charge is 0.484 e. The van der Waals surface area contributed by atoms with Crippen LogP contribution in [0.4, 0.5) is 0 Å². The van der Waals surface area contributed by atoms with E-state index < -0.39 is 9.05 Å². The molecule has 1 amide bonds. The van der Waals surface area contributed by atoms with Crippen molar-refractivity contribution in [2.75, 3.05) is 6.61 Å². The summed E-state index contributed by atoms with van der Waals surface area (Å²) in [5.74, 6) is 0.201. The lowest BCUT2D eigenvalue weighted by atomic mass is 10.1. The zero-order valence-corrected chi connectivity index (χ0v) is 13.4. The van der Waals surface area contributed by atoms with E-state index in [0.717, 1.165) is 0 Å². The quantitative estimate of drug-likeness (QED) is 0.844. The van der Waals surface area contributed by atoms with Gasteiger partial charge in [-0.3, -0.25) is 4.79 Å². The zero-order chi connectivity index (χ0) is 15.5. The van der Waals surface area contributed by atoms with Crippen molar-refractivity contribution < 1.29 is 17.9 Å². The third kappa shape index (κ3) is 4.68. The van der Waals surface area contributed by atoms with Gasteiger partial charge in [-0.25, -0.2) is 8.42 Å². The van der Waals surface area contributed by atoms with Crippen LogP contribution in [0, 0.1) is 13.8 Å². The fraction of sp³-hybridized carbons (Fsp3) is 0.462. The number of nitrogens with one attached hydrogen (secondary N) is 1. The molecule has 1 N–H and O–H groups in total. The van der Waals surface area contributed by atoms with Gasteiger partial charge in [0.2, 0.25) is 0 Å². The number of rotatable bonds is 5. The summed E-state index contributed by atoms with van der Waals surface area (Å²) in [5.41, 5.74) is 0.971. The molecule has 0 spiro atoms. The van der Waals surface area contributed by atoms with Gasteiger partial charge in [-0.2, -0.15) is 0 Å². The van der Waals surface area contributed by atoms with E-state index in [1.807, 2.05) is 13.8 Å². The molecule has 0 heterocycles. The van der Waals surface area contributed by atoms with Crippen molar-refractivity contribution in [3.05, 3.63) is 23.3 Å². The lowest BCUT2D eigenvalue weighted by molar-refractivity contribution is -0.123. The van der Waals surface area contributed by atoms with E-state index in [-0.39, 0.29) is 23.5 Å². The molecule has 20 heavy (non-hydrogen) atoms. The molecule has 7 heteroatoms. The molecule has 0 radical (unpaired) electrons. The number of carbonyl (C=O) groups excluding carboxylic acids is 1. The molecule has 1 aromatic rings. The second kappa shape index (κ2) is 6.45. The van der Waals surface area contributed by atoms with Crippen molar-refractivity contribution >= 4 is 25.6 Å². The number of halogens is 1. The van der Waals surface area contributed by atoms with Crippen molar-refractivity contribution in [2.24, 2.45) is 0 Å². The fourth-order valence-electron chi connectivity index (χ4n) is 1.89. The van der Waals surface area contributed by atoms with E-state index in [1.54, 1.807) is 26.0 Å². The third-order valence-electron chi connectivity index (χ3n) is 2.50. The van der Waals surface area contributed by atoms with E-state index in [4.69, 9.17) is 15.4 Å². The summed E-state index contributed by atoms with van der Waals surface area (Å²) in [6, 6.07) is 3.13. The van der Waals surface area contributed by atoms with Gasteiger partial charge in [0.05, 0.1) is 4.90 Å². The van der Waals surface area contributed by atoms with Gasteiger partial charge in [-0.1, -0.05) is 0 Å². The minimum atomic E-state index is -3.79. The normalized spacial score (nSPS) is 11.5. The second-order valence-corrected chi connectivity index (χ2v) is 7.34. The van der Waals surface area contributed by atoms with Gasteiger partial charge in [-0.05, 0) is 51.0 Å². The Hall–Kier alpha value is -1.27. The van der Waals surface area contributed by atoms with Crippen LogP contribution in [0.2, 0.25) is 0 Å². The first kappa shape index (κ1) is 16.8. The molecule has 0 aliphatic rings. The Kier molecular flexibility index (Phi) is 5.42. The van der Waals surface area contributed by atoms with E-state index in [0.29, 0.717) is 16.9 Å². The van der Waals surface area contributed by atoms with Crippen LogP contribution < -0.4 is 10.1 Å². The maximum absolute atomic E-state index is 11.5. The maximum atomic E-state index is 11.5. The van der Waals surface area contributed by atoms with Gasteiger partial charge in [0, 0.05) is 16.7 Å². The van der Waals surface area contributed by atoms with E-state index in [1.165, 1.54) is 0 Å². The Morgan fingerprint density at radius 3 is 2.20 bits per heavy atom. The summed E-state index contributed by atoms with van der Waals surface area (Å²) in [5, 5.41) is 2.70. The summed E-state index contributed by atoms with van der Waals surface area (Å²) in [4.78, 5) is 11.6. The SMILES string of the molecule is Cc1cc(OCC(=O)NC(C)C)cc(C)c1S(=O)(=O)Cl. The Morgan fingerprint density at radius 2 is 1.80 bits per heavy atom. The smallest absolute Gasteiger partial charge is 0.261 e. The molecule has 0 bridgehead atoms. The lowest BCUT2D eigenvalue weighted by Crippen LogP contribution is -2.34. The second-order valence-electron chi connectivity index (χ2n) is 4.83. The van der Waals surface area contributed by atoms with Gasteiger partial charge in [0.15, 0.2) is 6.61 Å². The number of benzene rings is 1. The first-order chi connectivity index (χ1) is 9.11. The highest BCUT2D eigenvalue weighted by atomic mass is 35.7. The van der Waals surface area contributed by atoms with Crippen molar-refractivity contribution in [1.82, 2.24) is 5.32 Å². The van der Waals surface area contributed by atoms with Gasteiger partial charge < -0.3 is 10.1 Å². The highest BCUT2D eigenvalue weighted by molar-refractivity contribution is 8.13. The van der Waals surface area contributed by atoms with Crippen LogP contribution in [0.25, 0.3) is 0 Å². The first-order valence-electron chi connectivity index (χ1n) is 6.09. The van der Waals surface area contributed by atoms with Crippen molar-refractivity contribution in [1.29, 1.82) is 0 Å². The van der Waals surface area contributed by atoms with Gasteiger partial charge >= 0.3 is 0 Å². The van der Waals surface area contributed by atoms with Crippen molar-refractivity contribution in [2.45, 2.75) is 38.6 Å². The van der Waals surface area contributed by atoms with Crippen molar-refractivity contribution in [3.63, 3.8) is 0 Å². The van der Waals surface area contributed by atoms with Crippen molar-refractivity contribution in [3.8, 4) is 5.75 Å². The highest BCUT2D eigenvalue weighted by Crippen LogP contribution is 2.28. The molecule has 0 unspecified atom stereocenters. The lowest BCUT2D eigenvalue weighted by Gasteiger charge is -2.12. The molecule has 0 aliphatic heterocycles. The molecular weight excluding hydrogens is 302 g/mol. The Balaban J connectivity index is 2.88. The average Bonchev–Trinajstić information content (AvgIpc) is 2.22. The minimum Gasteiger partial charge on any atom is -0.484 e. The van der Waals surface area contributed by atoms with Gasteiger partial charge in [0.1, 0.15) is 5.75 Å². The average molecular weight is 320 g/mol. The first-order valence-corrected chi connectivity index (χ1v) is 8.40. The number of ether oxygens (including phenoxy) is 1. The van der Waals surface area contributed by atoms with Crippen LogP contribution in [-0.2, 0) is 13.8 Å². The molecule has 0 fully saturated rings. The van der Waals surface area contributed by atoms with Gasteiger partial charge in [-0.15, -0.1) is 0 Å². The topological polar surface area (TPSA) is 72.5 Å². The fourth-order valence-corrected chi connectivity index (χ4v) is 3.51. The number of hydrogen-bond acceptors (Lipinski definition) is 4. The number of aryl methyl sites for hydroxylation is 2. The number of carbonyl (C=O) groups is 1. The molecular formula is C13H18ClNO4S. The Bertz CT molecular complexity index is 588. The molecule has 1 rings (SSSR count). The standard InChI is InChI=1S/C13H18ClNO4S/c1-8(2)15-12(16)7-19-11-5-9(3)13(10(4)6-11)20(14,17)18/h5-6,8H,7H2,1-4H3,(H,15,16). The molecule has 112 valence electrons. The third-order valence-corrected chi connectivity index (χ3v) is 4.09. The molecule has 0 saturated carbocycles. The summed E-state index contributed by atoms with van der Waals surface area (Å²) in [7, 11) is 1.58. The van der Waals surface area contributed by atoms with Gasteiger partial charge in [0.25, 0.3) is 15.0 Å². The van der Waals surface area contributed by atoms with Crippen LogP contribution in [-0.4, -0.2) is 27.0 Å². The van der Waals surface area contributed by atoms with E-state index in [9.17, 15) is 13.2 Å². The Morgan fingerprint density at radius 1 is 1.30 bits per heavy atom. The monoisotopic (exact) mass is 319 g/mol. The highest BCUT2D eigenvalue weighted by Gasteiger charge is 2.18. The van der Waals surface area contributed by atoms with E-state index >= 15 is 0 Å².